The Morgan fingerprint density at radius 3 is 1.97 bits per heavy atom. The summed E-state index contributed by atoms with van der Waals surface area (Å²) in [5.74, 6) is -4.62. The molecule has 5 unspecified atom stereocenters. The number of rotatable bonds is 15. The Balaban J connectivity index is 2.94. The number of aliphatic hydroxyl groups is 1. The van der Waals surface area contributed by atoms with Crippen molar-refractivity contribution in [2.24, 2.45) is 17.4 Å². The van der Waals surface area contributed by atoms with Crippen molar-refractivity contribution in [2.75, 3.05) is 6.61 Å². The lowest BCUT2D eigenvalue weighted by molar-refractivity contribution is -0.142. The van der Waals surface area contributed by atoms with Crippen LogP contribution < -0.4 is 27.4 Å². The Morgan fingerprint density at radius 2 is 1.46 bits per heavy atom. The van der Waals surface area contributed by atoms with E-state index in [9.17, 15) is 34.2 Å². The zero-order valence-corrected chi connectivity index (χ0v) is 19.9. The number of hydrogen-bond acceptors (Lipinski definition) is 7. The molecule has 1 rings (SSSR count). The number of nitrogens with two attached hydrogens (primary N) is 2. The van der Waals surface area contributed by atoms with Crippen molar-refractivity contribution in [3.05, 3.63) is 35.9 Å². The third-order valence-electron chi connectivity index (χ3n) is 5.58. The molecule has 0 fully saturated rings. The molecule has 0 spiro atoms. The van der Waals surface area contributed by atoms with Crippen LogP contribution in [0.25, 0.3) is 0 Å². The number of amides is 4. The van der Waals surface area contributed by atoms with Gasteiger partial charge in [-0.15, -0.1) is 0 Å². The van der Waals surface area contributed by atoms with Gasteiger partial charge in [0.2, 0.25) is 23.6 Å². The van der Waals surface area contributed by atoms with Crippen LogP contribution in [0.2, 0.25) is 0 Å². The van der Waals surface area contributed by atoms with Gasteiger partial charge in [-0.05, 0) is 17.9 Å². The minimum atomic E-state index is -1.42. The fourth-order valence-corrected chi connectivity index (χ4v) is 3.12. The van der Waals surface area contributed by atoms with E-state index in [1.54, 1.807) is 37.3 Å². The Kier molecular flexibility index (Phi) is 12.4. The van der Waals surface area contributed by atoms with Gasteiger partial charge < -0.3 is 37.6 Å². The number of aliphatic hydroxyl groups excluding tert-OH is 1. The van der Waals surface area contributed by atoms with Crippen molar-refractivity contribution in [3.8, 4) is 0 Å². The highest BCUT2D eigenvalue weighted by molar-refractivity contribution is 5.94. The number of carbonyl (C=O) groups is 5. The van der Waals surface area contributed by atoms with E-state index in [4.69, 9.17) is 11.5 Å². The van der Waals surface area contributed by atoms with Gasteiger partial charge in [0.1, 0.15) is 18.1 Å². The van der Waals surface area contributed by atoms with Gasteiger partial charge in [0.25, 0.3) is 0 Å². The summed E-state index contributed by atoms with van der Waals surface area (Å²) in [5, 5.41) is 26.2. The minimum Gasteiger partial charge on any atom is -0.480 e. The van der Waals surface area contributed by atoms with E-state index in [2.05, 4.69) is 16.0 Å². The Hall–Kier alpha value is -3.51. The second-order valence-corrected chi connectivity index (χ2v) is 8.31. The first-order valence-electron chi connectivity index (χ1n) is 11.3. The smallest absolute Gasteiger partial charge is 0.326 e. The maximum absolute atomic E-state index is 12.9. The first-order valence-corrected chi connectivity index (χ1v) is 11.3. The van der Waals surface area contributed by atoms with Gasteiger partial charge in [-0.1, -0.05) is 50.6 Å². The van der Waals surface area contributed by atoms with E-state index in [1.807, 2.05) is 6.92 Å². The second kappa shape index (κ2) is 14.7. The SMILES string of the molecule is CCC(C)C(N)C(=O)NC(CO)C(=O)NC(CCC(N)=O)C(=O)NC(Cc1ccccc1)C(=O)O. The molecular formula is C23H35N5O7. The van der Waals surface area contributed by atoms with Crippen molar-refractivity contribution in [1.29, 1.82) is 0 Å². The van der Waals surface area contributed by atoms with Crippen molar-refractivity contribution in [3.63, 3.8) is 0 Å². The second-order valence-electron chi connectivity index (χ2n) is 8.31. The van der Waals surface area contributed by atoms with E-state index >= 15 is 0 Å². The van der Waals surface area contributed by atoms with Crippen LogP contribution in [0.15, 0.2) is 30.3 Å². The molecule has 0 saturated carbocycles. The van der Waals surface area contributed by atoms with Crippen LogP contribution in [-0.4, -0.2) is 70.6 Å². The van der Waals surface area contributed by atoms with E-state index < -0.39 is 60.4 Å². The maximum atomic E-state index is 12.9. The first-order chi connectivity index (χ1) is 16.5. The molecule has 0 heterocycles. The Morgan fingerprint density at radius 1 is 0.914 bits per heavy atom. The summed E-state index contributed by atoms with van der Waals surface area (Å²) >= 11 is 0. The molecule has 0 aliphatic heterocycles. The van der Waals surface area contributed by atoms with Gasteiger partial charge in [-0.25, -0.2) is 4.79 Å². The zero-order valence-electron chi connectivity index (χ0n) is 19.9. The summed E-state index contributed by atoms with van der Waals surface area (Å²) < 4.78 is 0. The molecule has 4 amide bonds. The number of nitrogens with one attached hydrogen (secondary N) is 3. The summed E-state index contributed by atoms with van der Waals surface area (Å²) in [6.07, 6.45) is 0.113. The summed E-state index contributed by atoms with van der Waals surface area (Å²) in [7, 11) is 0. The predicted octanol–water partition coefficient (Wildman–Crippen LogP) is -1.60. The normalized spacial score (nSPS) is 15.1. The number of aliphatic carboxylic acids is 1. The number of primary amides is 1. The zero-order chi connectivity index (χ0) is 26.5. The van der Waals surface area contributed by atoms with E-state index in [1.165, 1.54) is 0 Å². The number of benzene rings is 1. The molecule has 0 saturated heterocycles. The van der Waals surface area contributed by atoms with Crippen LogP contribution in [0.4, 0.5) is 0 Å². The molecule has 35 heavy (non-hydrogen) atoms. The summed E-state index contributed by atoms with van der Waals surface area (Å²) in [4.78, 5) is 60.8. The average molecular weight is 494 g/mol. The lowest BCUT2D eigenvalue weighted by Gasteiger charge is -2.25. The van der Waals surface area contributed by atoms with Crippen LogP contribution in [0.5, 0.6) is 0 Å². The Labute approximate surface area is 203 Å². The molecule has 194 valence electrons. The molecule has 5 atom stereocenters. The van der Waals surface area contributed by atoms with Crippen LogP contribution in [-0.2, 0) is 30.4 Å². The highest BCUT2D eigenvalue weighted by atomic mass is 16.4. The summed E-state index contributed by atoms with van der Waals surface area (Å²) in [6, 6.07) is 3.64. The number of carboxylic acids is 1. The number of carboxylic acid groups (broad SMARTS) is 1. The fourth-order valence-electron chi connectivity index (χ4n) is 3.12. The van der Waals surface area contributed by atoms with Gasteiger partial charge in [0, 0.05) is 12.8 Å². The molecule has 9 N–H and O–H groups in total. The monoisotopic (exact) mass is 493 g/mol. The third-order valence-corrected chi connectivity index (χ3v) is 5.58. The van der Waals surface area contributed by atoms with Gasteiger partial charge in [-0.2, -0.15) is 0 Å². The standard InChI is InChI=1S/C23H35N5O7/c1-3-13(2)19(25)22(33)28-17(12-29)21(32)26-15(9-10-18(24)30)20(31)27-16(23(34)35)11-14-7-5-4-6-8-14/h4-8,13,15-17,19,29H,3,9-12,25H2,1-2H3,(H2,24,30)(H,26,32)(H,27,31)(H,28,33)(H,34,35). The highest BCUT2D eigenvalue weighted by Gasteiger charge is 2.31. The van der Waals surface area contributed by atoms with E-state index in [-0.39, 0.29) is 25.2 Å². The van der Waals surface area contributed by atoms with Crippen LogP contribution in [0.3, 0.4) is 0 Å². The predicted molar refractivity (Wildman–Crippen MR) is 127 cm³/mol. The highest BCUT2D eigenvalue weighted by Crippen LogP contribution is 2.07. The fraction of sp³-hybridized carbons (Fsp3) is 0.522. The van der Waals surface area contributed by atoms with Crippen LogP contribution >= 0.6 is 0 Å². The quantitative estimate of drug-likeness (QED) is 0.151. The van der Waals surface area contributed by atoms with Crippen LogP contribution in [0, 0.1) is 5.92 Å². The van der Waals surface area contributed by atoms with Crippen molar-refractivity contribution in [2.45, 2.75) is 63.7 Å². The number of hydrogen-bond donors (Lipinski definition) is 7. The minimum absolute atomic E-state index is 0.0127. The van der Waals surface area contributed by atoms with E-state index in [0.29, 0.717) is 12.0 Å². The first kappa shape index (κ1) is 29.5. The van der Waals surface area contributed by atoms with Crippen molar-refractivity contribution >= 4 is 29.6 Å². The molecule has 1 aromatic carbocycles. The van der Waals surface area contributed by atoms with Crippen molar-refractivity contribution < 1.29 is 34.2 Å². The molecule has 0 bridgehead atoms. The summed E-state index contributed by atoms with van der Waals surface area (Å²) in [5.41, 5.74) is 11.7. The molecule has 1 aromatic rings. The molecule has 0 aliphatic carbocycles. The average Bonchev–Trinajstić information content (AvgIpc) is 2.83. The molecule has 0 aromatic heterocycles. The van der Waals surface area contributed by atoms with E-state index in [0.717, 1.165) is 0 Å². The Bertz CT molecular complexity index is 880. The topological polar surface area (TPSA) is 214 Å². The van der Waals surface area contributed by atoms with Gasteiger partial charge in [0.05, 0.1) is 12.6 Å². The largest absolute Gasteiger partial charge is 0.480 e. The molecular weight excluding hydrogens is 458 g/mol. The number of carbonyl (C=O) groups excluding carboxylic acids is 4. The van der Waals surface area contributed by atoms with Gasteiger partial charge in [-0.3, -0.25) is 19.2 Å². The third kappa shape index (κ3) is 10.1. The van der Waals surface area contributed by atoms with Crippen molar-refractivity contribution in [1.82, 2.24) is 16.0 Å². The lowest BCUT2D eigenvalue weighted by atomic mass is 9.99. The summed E-state index contributed by atoms with van der Waals surface area (Å²) in [6.45, 7) is 2.83. The lowest BCUT2D eigenvalue weighted by Crippen LogP contribution is -2.58. The maximum Gasteiger partial charge on any atom is 0.326 e. The molecule has 12 nitrogen and oxygen atoms in total. The van der Waals surface area contributed by atoms with Gasteiger partial charge in [0.15, 0.2) is 0 Å². The van der Waals surface area contributed by atoms with Crippen LogP contribution in [0.1, 0.15) is 38.7 Å². The molecule has 12 heteroatoms. The molecule has 0 aliphatic rings. The molecule has 0 radical (unpaired) electrons. The van der Waals surface area contributed by atoms with Gasteiger partial charge >= 0.3 is 5.97 Å².